The second-order valence-electron chi connectivity index (χ2n) is 6.09. The highest BCUT2D eigenvalue weighted by Gasteiger charge is 2.33. The molecule has 0 saturated carbocycles. The molecule has 2 N–H and O–H groups in total. The molecule has 144 valence electrons. The van der Waals surface area contributed by atoms with Crippen molar-refractivity contribution in [1.82, 2.24) is 10.3 Å². The molecule has 28 heavy (non-hydrogen) atoms. The van der Waals surface area contributed by atoms with E-state index in [4.69, 9.17) is 0 Å². The third-order valence-electron chi connectivity index (χ3n) is 4.06. The van der Waals surface area contributed by atoms with Gasteiger partial charge in [0.15, 0.2) is 0 Å². The Morgan fingerprint density at radius 2 is 1.64 bits per heavy atom. The molecule has 3 aromatic rings. The number of hydrogen-bond donors (Lipinski definition) is 2. The van der Waals surface area contributed by atoms with Crippen molar-refractivity contribution in [2.24, 2.45) is 0 Å². The van der Waals surface area contributed by atoms with Gasteiger partial charge in [-0.3, -0.25) is 4.79 Å². The van der Waals surface area contributed by atoms with Crippen molar-refractivity contribution < 1.29 is 18.0 Å². The van der Waals surface area contributed by atoms with Gasteiger partial charge in [-0.05, 0) is 36.2 Å². The molecule has 0 saturated heterocycles. The number of carbonyl (C=O) groups excluding carboxylic acids is 1. The summed E-state index contributed by atoms with van der Waals surface area (Å²) in [5, 5.41) is 5.44. The summed E-state index contributed by atoms with van der Waals surface area (Å²) < 4.78 is 39.1. The summed E-state index contributed by atoms with van der Waals surface area (Å²) in [5.74, 6) is -0.0665. The van der Waals surface area contributed by atoms with Gasteiger partial charge in [0.2, 0.25) is 0 Å². The van der Waals surface area contributed by atoms with Crippen LogP contribution >= 0.6 is 0 Å². The zero-order valence-corrected chi connectivity index (χ0v) is 14.8. The molecule has 0 fully saturated rings. The maximum atomic E-state index is 13.0. The Balaban J connectivity index is 1.60. The Bertz CT molecular complexity index is 926. The first kappa shape index (κ1) is 19.4. The fourth-order valence-electron chi connectivity index (χ4n) is 2.65. The highest BCUT2D eigenvalue weighted by Crippen LogP contribution is 2.35. The van der Waals surface area contributed by atoms with Crippen LogP contribution < -0.4 is 10.6 Å². The molecule has 0 spiro atoms. The van der Waals surface area contributed by atoms with E-state index in [9.17, 15) is 18.0 Å². The lowest BCUT2D eigenvalue weighted by Gasteiger charge is -2.14. The molecule has 4 nitrogen and oxygen atoms in total. The maximum Gasteiger partial charge on any atom is 0.418 e. The van der Waals surface area contributed by atoms with Crippen molar-refractivity contribution in [3.05, 3.63) is 89.6 Å². The molecule has 0 aliphatic carbocycles. The van der Waals surface area contributed by atoms with E-state index in [0.717, 1.165) is 11.6 Å². The molecule has 1 amide bonds. The Morgan fingerprint density at radius 1 is 0.929 bits per heavy atom. The minimum absolute atomic E-state index is 0.0948. The lowest BCUT2D eigenvalue weighted by molar-refractivity contribution is -0.136. The lowest BCUT2D eigenvalue weighted by atomic mass is 10.1. The number of benzene rings is 2. The number of nitrogens with one attached hydrogen (secondary N) is 2. The molecule has 0 radical (unpaired) electrons. The first-order valence-corrected chi connectivity index (χ1v) is 8.65. The van der Waals surface area contributed by atoms with E-state index in [1.54, 1.807) is 0 Å². The van der Waals surface area contributed by atoms with E-state index in [0.29, 0.717) is 18.5 Å². The van der Waals surface area contributed by atoms with Crippen LogP contribution in [0.15, 0.2) is 72.9 Å². The van der Waals surface area contributed by atoms with Crippen LogP contribution in [0.2, 0.25) is 0 Å². The van der Waals surface area contributed by atoms with Crippen LogP contribution in [-0.4, -0.2) is 17.4 Å². The number of alkyl halides is 3. The van der Waals surface area contributed by atoms with Crippen molar-refractivity contribution in [2.45, 2.75) is 12.6 Å². The largest absolute Gasteiger partial charge is 0.418 e. The molecule has 0 aliphatic heterocycles. The fraction of sp³-hybridized carbons (Fsp3) is 0.143. The summed E-state index contributed by atoms with van der Waals surface area (Å²) in [4.78, 5) is 16.2. The third-order valence-corrected chi connectivity index (χ3v) is 4.06. The van der Waals surface area contributed by atoms with Crippen LogP contribution in [0.1, 0.15) is 21.5 Å². The van der Waals surface area contributed by atoms with Gasteiger partial charge in [0, 0.05) is 12.7 Å². The van der Waals surface area contributed by atoms with E-state index in [-0.39, 0.29) is 17.4 Å². The van der Waals surface area contributed by atoms with Gasteiger partial charge in [-0.2, -0.15) is 13.2 Å². The van der Waals surface area contributed by atoms with E-state index in [1.165, 1.54) is 36.5 Å². The third kappa shape index (κ3) is 5.09. The van der Waals surface area contributed by atoms with Crippen LogP contribution in [-0.2, 0) is 12.6 Å². The molecule has 0 bridgehead atoms. The van der Waals surface area contributed by atoms with E-state index in [2.05, 4.69) is 15.6 Å². The Morgan fingerprint density at radius 3 is 2.32 bits per heavy atom. The number of aromatic nitrogens is 1. The van der Waals surface area contributed by atoms with Crippen LogP contribution in [0.4, 0.5) is 24.7 Å². The molecule has 0 aliphatic rings. The number of pyridine rings is 1. The molecule has 0 unspecified atom stereocenters. The molecule has 0 atom stereocenters. The van der Waals surface area contributed by atoms with Gasteiger partial charge in [-0.25, -0.2) is 4.98 Å². The van der Waals surface area contributed by atoms with Crippen LogP contribution in [0.3, 0.4) is 0 Å². The molecule has 1 heterocycles. The fourth-order valence-corrected chi connectivity index (χ4v) is 2.65. The number of anilines is 2. The molecular weight excluding hydrogens is 367 g/mol. The van der Waals surface area contributed by atoms with Gasteiger partial charge in [0.25, 0.3) is 5.91 Å². The topological polar surface area (TPSA) is 54.0 Å². The highest BCUT2D eigenvalue weighted by atomic mass is 19.4. The summed E-state index contributed by atoms with van der Waals surface area (Å²) in [6, 6.07) is 17.9. The smallest absolute Gasteiger partial charge is 0.352 e. The summed E-state index contributed by atoms with van der Waals surface area (Å²) >= 11 is 0. The van der Waals surface area contributed by atoms with Crippen LogP contribution in [0, 0.1) is 0 Å². The van der Waals surface area contributed by atoms with Gasteiger partial charge < -0.3 is 10.6 Å². The van der Waals surface area contributed by atoms with Crippen molar-refractivity contribution in [1.29, 1.82) is 0 Å². The summed E-state index contributed by atoms with van der Waals surface area (Å²) in [6.45, 7) is 0.474. The lowest BCUT2D eigenvalue weighted by Crippen LogP contribution is -2.25. The first-order chi connectivity index (χ1) is 13.4. The normalized spacial score (nSPS) is 11.1. The van der Waals surface area contributed by atoms with Gasteiger partial charge in [-0.15, -0.1) is 0 Å². The first-order valence-electron chi connectivity index (χ1n) is 8.65. The summed E-state index contributed by atoms with van der Waals surface area (Å²) in [6.07, 6.45) is -2.44. The van der Waals surface area contributed by atoms with Crippen LogP contribution in [0.5, 0.6) is 0 Å². The number of amides is 1. The molecule has 1 aromatic heterocycles. The molecule has 2 aromatic carbocycles. The van der Waals surface area contributed by atoms with Crippen molar-refractivity contribution >= 4 is 17.4 Å². The number of hydrogen-bond acceptors (Lipinski definition) is 3. The average Bonchev–Trinajstić information content (AvgIpc) is 2.69. The minimum Gasteiger partial charge on any atom is -0.352 e. The summed E-state index contributed by atoms with van der Waals surface area (Å²) in [7, 11) is 0. The predicted octanol–water partition coefficient (Wildman–Crippen LogP) is 4.82. The monoisotopic (exact) mass is 385 g/mol. The molecule has 7 heteroatoms. The van der Waals surface area contributed by atoms with Crippen LogP contribution in [0.25, 0.3) is 0 Å². The number of carbonyl (C=O) groups is 1. The predicted molar refractivity (Wildman–Crippen MR) is 101 cm³/mol. The highest BCUT2D eigenvalue weighted by molar-refractivity contribution is 5.94. The standard InChI is InChI=1S/C21H18F3N3O/c22-21(23,24)17-8-4-5-9-18(17)27-19-11-10-16(14-26-19)20(28)25-13-12-15-6-2-1-3-7-15/h1-11,14H,12-13H2,(H,25,28)(H,26,27). The zero-order valence-electron chi connectivity index (χ0n) is 14.8. The molecular formula is C21H18F3N3O. The van der Waals surface area contributed by atoms with Crippen molar-refractivity contribution in [3.63, 3.8) is 0 Å². The SMILES string of the molecule is O=C(NCCc1ccccc1)c1ccc(Nc2ccccc2C(F)(F)F)nc1. The maximum absolute atomic E-state index is 13.0. The second kappa shape index (κ2) is 8.56. The van der Waals surface area contributed by atoms with E-state index < -0.39 is 11.7 Å². The Labute approximate surface area is 160 Å². The number of halogens is 3. The van der Waals surface area contributed by atoms with Gasteiger partial charge >= 0.3 is 6.18 Å². The van der Waals surface area contributed by atoms with Gasteiger partial charge in [-0.1, -0.05) is 42.5 Å². The molecule has 3 rings (SSSR count). The number of para-hydroxylation sites is 1. The minimum atomic E-state index is -4.47. The van der Waals surface area contributed by atoms with E-state index >= 15 is 0 Å². The Kier molecular flexibility index (Phi) is 5.93. The quantitative estimate of drug-likeness (QED) is 0.640. The van der Waals surface area contributed by atoms with Crippen molar-refractivity contribution in [2.75, 3.05) is 11.9 Å². The zero-order chi connectivity index (χ0) is 20.0. The van der Waals surface area contributed by atoms with E-state index in [1.807, 2.05) is 30.3 Å². The average molecular weight is 385 g/mol. The Hall–Kier alpha value is -3.35. The van der Waals surface area contributed by atoms with Gasteiger partial charge in [0.1, 0.15) is 5.82 Å². The number of rotatable bonds is 6. The van der Waals surface area contributed by atoms with Crippen molar-refractivity contribution in [3.8, 4) is 0 Å². The van der Waals surface area contributed by atoms with Gasteiger partial charge in [0.05, 0.1) is 16.8 Å². The number of nitrogens with zero attached hydrogens (tertiary/aromatic N) is 1. The summed E-state index contributed by atoms with van der Waals surface area (Å²) in [5.41, 5.74) is 0.577. The second-order valence-corrected chi connectivity index (χ2v) is 6.09.